The van der Waals surface area contributed by atoms with Crippen molar-refractivity contribution in [1.82, 2.24) is 0 Å². The standard InChI is InChI=1S/C16H30O4/c1-8-9-10-12(4)20-14(19)16(11(2)3,13(17)18)15(5,6)7/h11-12H,8-10H2,1-7H3,(H,17,18). The van der Waals surface area contributed by atoms with Crippen molar-refractivity contribution in [2.75, 3.05) is 0 Å². The molecule has 0 bridgehead atoms. The molecule has 0 saturated heterocycles. The lowest BCUT2D eigenvalue weighted by molar-refractivity contribution is -0.186. The third-order valence-corrected chi connectivity index (χ3v) is 3.98. The van der Waals surface area contributed by atoms with Crippen molar-refractivity contribution in [2.45, 2.75) is 73.8 Å². The summed E-state index contributed by atoms with van der Waals surface area (Å²) >= 11 is 0. The van der Waals surface area contributed by atoms with E-state index in [2.05, 4.69) is 6.92 Å². The van der Waals surface area contributed by atoms with Gasteiger partial charge in [-0.3, -0.25) is 9.59 Å². The van der Waals surface area contributed by atoms with Crippen LogP contribution in [0.15, 0.2) is 0 Å². The molecule has 0 rings (SSSR count). The average molecular weight is 286 g/mol. The summed E-state index contributed by atoms with van der Waals surface area (Å²) in [6.45, 7) is 12.7. The first-order valence-corrected chi connectivity index (χ1v) is 7.46. The molecule has 4 nitrogen and oxygen atoms in total. The summed E-state index contributed by atoms with van der Waals surface area (Å²) in [4.78, 5) is 24.4. The van der Waals surface area contributed by atoms with E-state index in [-0.39, 0.29) is 12.0 Å². The van der Waals surface area contributed by atoms with E-state index in [0.717, 1.165) is 19.3 Å². The molecule has 2 atom stereocenters. The van der Waals surface area contributed by atoms with Gasteiger partial charge in [-0.1, -0.05) is 54.4 Å². The van der Waals surface area contributed by atoms with Gasteiger partial charge in [0.05, 0.1) is 6.10 Å². The molecule has 0 radical (unpaired) electrons. The van der Waals surface area contributed by atoms with Crippen molar-refractivity contribution < 1.29 is 19.4 Å². The highest BCUT2D eigenvalue weighted by molar-refractivity contribution is 6.00. The minimum absolute atomic E-state index is 0.248. The third-order valence-electron chi connectivity index (χ3n) is 3.98. The van der Waals surface area contributed by atoms with Crippen LogP contribution < -0.4 is 0 Å². The van der Waals surface area contributed by atoms with E-state index < -0.39 is 22.8 Å². The van der Waals surface area contributed by atoms with Crippen molar-refractivity contribution in [3.05, 3.63) is 0 Å². The zero-order valence-corrected chi connectivity index (χ0v) is 13.9. The van der Waals surface area contributed by atoms with Gasteiger partial charge in [0.25, 0.3) is 0 Å². The summed E-state index contributed by atoms with van der Waals surface area (Å²) in [6.07, 6.45) is 2.50. The Hall–Kier alpha value is -1.06. The summed E-state index contributed by atoms with van der Waals surface area (Å²) in [5.41, 5.74) is -2.23. The van der Waals surface area contributed by atoms with E-state index in [1.807, 2.05) is 6.92 Å². The van der Waals surface area contributed by atoms with Gasteiger partial charge in [0.1, 0.15) is 0 Å². The number of hydrogen-bond donors (Lipinski definition) is 1. The molecule has 118 valence electrons. The van der Waals surface area contributed by atoms with Crippen LogP contribution in [0, 0.1) is 16.7 Å². The molecule has 0 aromatic carbocycles. The van der Waals surface area contributed by atoms with Gasteiger partial charge in [-0.05, 0) is 24.7 Å². The van der Waals surface area contributed by atoms with Crippen LogP contribution in [0.4, 0.5) is 0 Å². The van der Waals surface area contributed by atoms with Crippen LogP contribution in [-0.2, 0) is 14.3 Å². The fraction of sp³-hybridized carbons (Fsp3) is 0.875. The van der Waals surface area contributed by atoms with E-state index in [0.29, 0.717) is 0 Å². The second-order valence-electron chi connectivity index (χ2n) is 6.88. The lowest BCUT2D eigenvalue weighted by Crippen LogP contribution is -2.54. The van der Waals surface area contributed by atoms with E-state index in [4.69, 9.17) is 4.74 Å². The Labute approximate surface area is 122 Å². The maximum absolute atomic E-state index is 12.6. The van der Waals surface area contributed by atoms with Gasteiger partial charge in [0, 0.05) is 0 Å². The minimum Gasteiger partial charge on any atom is -0.480 e. The van der Waals surface area contributed by atoms with Gasteiger partial charge >= 0.3 is 11.9 Å². The first-order chi connectivity index (χ1) is 9.01. The molecule has 2 unspecified atom stereocenters. The fourth-order valence-electron chi connectivity index (χ4n) is 2.89. The molecule has 0 fully saturated rings. The number of carbonyl (C=O) groups is 2. The number of carbonyl (C=O) groups excluding carboxylic acids is 1. The van der Waals surface area contributed by atoms with Gasteiger partial charge < -0.3 is 9.84 Å². The zero-order chi connectivity index (χ0) is 16.1. The monoisotopic (exact) mass is 286 g/mol. The first kappa shape index (κ1) is 18.9. The number of esters is 1. The van der Waals surface area contributed by atoms with Crippen molar-refractivity contribution in [3.8, 4) is 0 Å². The van der Waals surface area contributed by atoms with Crippen LogP contribution in [0.5, 0.6) is 0 Å². The first-order valence-electron chi connectivity index (χ1n) is 7.46. The molecule has 0 spiro atoms. The summed E-state index contributed by atoms with van der Waals surface area (Å²) < 4.78 is 5.45. The summed E-state index contributed by atoms with van der Waals surface area (Å²) in [7, 11) is 0. The highest BCUT2D eigenvalue weighted by Crippen LogP contribution is 2.46. The van der Waals surface area contributed by atoms with Crippen LogP contribution in [-0.4, -0.2) is 23.1 Å². The number of unbranched alkanes of at least 4 members (excludes halogenated alkanes) is 1. The predicted octanol–water partition coefficient (Wildman–Crippen LogP) is 3.88. The second-order valence-corrected chi connectivity index (χ2v) is 6.88. The Morgan fingerprint density at radius 2 is 1.65 bits per heavy atom. The number of aliphatic carboxylic acids is 1. The van der Waals surface area contributed by atoms with Crippen LogP contribution in [0.1, 0.15) is 67.7 Å². The molecule has 0 amide bonds. The van der Waals surface area contributed by atoms with Crippen molar-refractivity contribution in [2.24, 2.45) is 16.7 Å². The molecule has 20 heavy (non-hydrogen) atoms. The molecule has 0 aliphatic heterocycles. The topological polar surface area (TPSA) is 63.6 Å². The summed E-state index contributed by atoms with van der Waals surface area (Å²) in [5.74, 6) is -2.06. The van der Waals surface area contributed by atoms with Crippen molar-refractivity contribution in [1.29, 1.82) is 0 Å². The Balaban J connectivity index is 5.35. The number of rotatable bonds is 7. The fourth-order valence-corrected chi connectivity index (χ4v) is 2.89. The van der Waals surface area contributed by atoms with Crippen LogP contribution in [0.2, 0.25) is 0 Å². The van der Waals surface area contributed by atoms with E-state index in [9.17, 15) is 14.7 Å². The van der Waals surface area contributed by atoms with Gasteiger partial charge in [-0.25, -0.2) is 0 Å². The van der Waals surface area contributed by atoms with Crippen molar-refractivity contribution >= 4 is 11.9 Å². The Morgan fingerprint density at radius 3 is 1.95 bits per heavy atom. The highest BCUT2D eigenvalue weighted by Gasteiger charge is 2.58. The van der Waals surface area contributed by atoms with Gasteiger partial charge in [-0.2, -0.15) is 0 Å². The normalized spacial score (nSPS) is 16.6. The van der Waals surface area contributed by atoms with Crippen LogP contribution >= 0.6 is 0 Å². The average Bonchev–Trinajstić information content (AvgIpc) is 2.23. The molecule has 0 aromatic heterocycles. The third kappa shape index (κ3) is 3.74. The maximum atomic E-state index is 12.6. The molecule has 4 heteroatoms. The van der Waals surface area contributed by atoms with E-state index >= 15 is 0 Å². The number of carboxylic acid groups (broad SMARTS) is 1. The van der Waals surface area contributed by atoms with Gasteiger partial charge in [0.15, 0.2) is 5.41 Å². The maximum Gasteiger partial charge on any atom is 0.324 e. The van der Waals surface area contributed by atoms with Crippen LogP contribution in [0.3, 0.4) is 0 Å². The number of ether oxygens (including phenoxy) is 1. The lowest BCUT2D eigenvalue weighted by Gasteiger charge is -2.42. The molecule has 1 N–H and O–H groups in total. The predicted molar refractivity (Wildman–Crippen MR) is 79.4 cm³/mol. The van der Waals surface area contributed by atoms with Crippen molar-refractivity contribution in [3.63, 3.8) is 0 Å². The SMILES string of the molecule is CCCCC(C)OC(=O)C(C(=O)O)(C(C)C)C(C)(C)C. The molecule has 0 saturated carbocycles. The van der Waals surface area contributed by atoms with E-state index in [1.165, 1.54) is 0 Å². The second kappa shape index (κ2) is 7.09. The van der Waals surface area contributed by atoms with Gasteiger partial charge in [0.2, 0.25) is 0 Å². The number of carboxylic acids is 1. The minimum atomic E-state index is -1.52. The lowest BCUT2D eigenvalue weighted by atomic mass is 9.60. The molecule has 0 aliphatic carbocycles. The van der Waals surface area contributed by atoms with Gasteiger partial charge in [-0.15, -0.1) is 0 Å². The highest BCUT2D eigenvalue weighted by atomic mass is 16.5. The molecular weight excluding hydrogens is 256 g/mol. The Morgan fingerprint density at radius 1 is 1.15 bits per heavy atom. The smallest absolute Gasteiger partial charge is 0.324 e. The molecular formula is C16H30O4. The zero-order valence-electron chi connectivity index (χ0n) is 13.9. The largest absolute Gasteiger partial charge is 0.480 e. The summed E-state index contributed by atoms with van der Waals surface area (Å²) in [5, 5.41) is 9.69. The Bertz CT molecular complexity index is 341. The molecule has 0 heterocycles. The number of hydrogen-bond acceptors (Lipinski definition) is 3. The quantitative estimate of drug-likeness (QED) is 0.570. The van der Waals surface area contributed by atoms with E-state index in [1.54, 1.807) is 34.6 Å². The Kier molecular flexibility index (Phi) is 6.72. The molecule has 0 aliphatic rings. The molecule has 0 aromatic rings. The summed E-state index contributed by atoms with van der Waals surface area (Å²) in [6, 6.07) is 0. The van der Waals surface area contributed by atoms with Crippen LogP contribution in [0.25, 0.3) is 0 Å².